The lowest BCUT2D eigenvalue weighted by Gasteiger charge is -2.10. The van der Waals surface area contributed by atoms with Gasteiger partial charge in [0.2, 0.25) is 5.91 Å². The number of amides is 1. The van der Waals surface area contributed by atoms with Gasteiger partial charge in [-0.15, -0.1) is 0 Å². The first kappa shape index (κ1) is 13.1. The number of rotatable bonds is 5. The molecule has 5 N–H and O–H groups in total. The summed E-state index contributed by atoms with van der Waals surface area (Å²) in [7, 11) is 0. The number of carbonyl (C=O) groups is 2. The van der Waals surface area contributed by atoms with E-state index in [1.54, 1.807) is 0 Å². The Kier molecular flexibility index (Phi) is 3.82. The van der Waals surface area contributed by atoms with Crippen LogP contribution in [0.15, 0.2) is 30.5 Å². The molecule has 0 aliphatic heterocycles. The van der Waals surface area contributed by atoms with E-state index in [1.807, 2.05) is 30.5 Å². The van der Waals surface area contributed by atoms with Gasteiger partial charge in [-0.05, 0) is 18.1 Å². The summed E-state index contributed by atoms with van der Waals surface area (Å²) in [6.07, 6.45) is 2.17. The molecule has 0 spiro atoms. The van der Waals surface area contributed by atoms with Crippen molar-refractivity contribution in [3.63, 3.8) is 0 Å². The maximum Gasteiger partial charge on any atom is 0.322 e. The molecule has 2 aromatic rings. The average molecular weight is 261 g/mol. The van der Waals surface area contributed by atoms with Crippen LogP contribution < -0.4 is 11.1 Å². The van der Waals surface area contributed by atoms with Crippen LogP contribution in [0.3, 0.4) is 0 Å². The Labute approximate surface area is 109 Å². The van der Waals surface area contributed by atoms with Gasteiger partial charge in [0.1, 0.15) is 6.54 Å². The molecular weight excluding hydrogens is 246 g/mol. The van der Waals surface area contributed by atoms with E-state index >= 15 is 0 Å². The third kappa shape index (κ3) is 3.11. The Morgan fingerprint density at radius 2 is 2.11 bits per heavy atom. The second-order valence-electron chi connectivity index (χ2n) is 4.28. The van der Waals surface area contributed by atoms with Gasteiger partial charge >= 0.3 is 5.97 Å². The zero-order valence-corrected chi connectivity index (χ0v) is 10.2. The highest BCUT2D eigenvalue weighted by atomic mass is 16.4. The Morgan fingerprint density at radius 1 is 1.37 bits per heavy atom. The summed E-state index contributed by atoms with van der Waals surface area (Å²) >= 11 is 0. The Hall–Kier alpha value is -2.34. The lowest BCUT2D eigenvalue weighted by atomic mass is 10.1. The van der Waals surface area contributed by atoms with Gasteiger partial charge < -0.3 is 21.1 Å². The molecule has 6 heteroatoms. The van der Waals surface area contributed by atoms with Crippen molar-refractivity contribution in [3.05, 3.63) is 36.0 Å². The van der Waals surface area contributed by atoms with E-state index in [1.165, 1.54) is 0 Å². The monoisotopic (exact) mass is 261 g/mol. The van der Waals surface area contributed by atoms with Gasteiger partial charge in [-0.2, -0.15) is 0 Å². The molecule has 1 atom stereocenters. The molecule has 1 aromatic carbocycles. The van der Waals surface area contributed by atoms with E-state index in [9.17, 15) is 9.59 Å². The molecule has 100 valence electrons. The average Bonchev–Trinajstić information content (AvgIpc) is 2.79. The number of nitrogens with two attached hydrogens (primary N) is 1. The molecule has 1 aromatic heterocycles. The van der Waals surface area contributed by atoms with Gasteiger partial charge in [0, 0.05) is 17.1 Å². The van der Waals surface area contributed by atoms with E-state index in [0.717, 1.165) is 16.5 Å². The molecule has 0 aliphatic carbocycles. The van der Waals surface area contributed by atoms with Crippen LogP contribution in [0.1, 0.15) is 5.56 Å². The van der Waals surface area contributed by atoms with Crippen LogP contribution >= 0.6 is 0 Å². The summed E-state index contributed by atoms with van der Waals surface area (Å²) < 4.78 is 0. The predicted molar refractivity (Wildman–Crippen MR) is 70.6 cm³/mol. The van der Waals surface area contributed by atoms with Crippen molar-refractivity contribution in [2.75, 3.05) is 6.54 Å². The van der Waals surface area contributed by atoms with Crippen molar-refractivity contribution < 1.29 is 14.7 Å². The lowest BCUT2D eigenvalue weighted by molar-refractivity contribution is -0.138. The third-order valence-electron chi connectivity index (χ3n) is 2.87. The van der Waals surface area contributed by atoms with Gasteiger partial charge in [-0.3, -0.25) is 9.59 Å². The summed E-state index contributed by atoms with van der Waals surface area (Å²) in [6, 6.07) is 6.95. The molecule has 0 aliphatic rings. The number of hydrogen-bond donors (Lipinski definition) is 4. The third-order valence-corrected chi connectivity index (χ3v) is 2.87. The number of H-pyrrole nitrogens is 1. The number of benzene rings is 1. The van der Waals surface area contributed by atoms with Crippen molar-refractivity contribution in [3.8, 4) is 0 Å². The molecule has 0 bridgehead atoms. The number of carboxylic acid groups (broad SMARTS) is 1. The molecular formula is C13H15N3O3. The van der Waals surface area contributed by atoms with Crippen LogP contribution in [0.4, 0.5) is 0 Å². The standard InChI is InChI=1S/C13H15N3O3/c14-10(13(19)16-7-12(17)18)5-8-6-15-11-4-2-1-3-9(8)11/h1-4,6,10,15H,5,7,14H2,(H,16,19)(H,17,18)/t10-/m0/s1. The van der Waals surface area contributed by atoms with E-state index in [4.69, 9.17) is 10.8 Å². The van der Waals surface area contributed by atoms with Crippen LogP contribution in [0.5, 0.6) is 0 Å². The summed E-state index contributed by atoms with van der Waals surface area (Å²) in [5.41, 5.74) is 7.69. The van der Waals surface area contributed by atoms with Crippen molar-refractivity contribution in [1.82, 2.24) is 10.3 Å². The molecule has 2 rings (SSSR count). The minimum absolute atomic E-state index is 0.357. The highest BCUT2D eigenvalue weighted by Crippen LogP contribution is 2.18. The summed E-state index contributed by atoms with van der Waals surface area (Å²) in [4.78, 5) is 25.1. The fourth-order valence-corrected chi connectivity index (χ4v) is 1.92. The number of fused-ring (bicyclic) bond motifs is 1. The van der Waals surface area contributed by atoms with Crippen LogP contribution in [-0.4, -0.2) is 34.6 Å². The Morgan fingerprint density at radius 3 is 2.84 bits per heavy atom. The second-order valence-corrected chi connectivity index (χ2v) is 4.28. The minimum Gasteiger partial charge on any atom is -0.480 e. The first-order valence-electron chi connectivity index (χ1n) is 5.88. The number of carboxylic acids is 1. The largest absolute Gasteiger partial charge is 0.480 e. The van der Waals surface area contributed by atoms with Crippen LogP contribution in [0.2, 0.25) is 0 Å². The van der Waals surface area contributed by atoms with Gasteiger partial charge in [-0.25, -0.2) is 0 Å². The second kappa shape index (κ2) is 5.53. The number of nitrogens with one attached hydrogen (secondary N) is 2. The molecule has 1 amide bonds. The quantitative estimate of drug-likeness (QED) is 0.618. The molecule has 0 unspecified atom stereocenters. The number of hydrogen-bond acceptors (Lipinski definition) is 3. The molecule has 19 heavy (non-hydrogen) atoms. The summed E-state index contributed by atoms with van der Waals surface area (Å²) in [5, 5.41) is 11.8. The van der Waals surface area contributed by atoms with Gasteiger partial charge in [-0.1, -0.05) is 18.2 Å². The van der Waals surface area contributed by atoms with Crippen molar-refractivity contribution >= 4 is 22.8 Å². The number of aromatic amines is 1. The summed E-state index contributed by atoms with van der Waals surface area (Å²) in [5.74, 6) is -1.56. The van der Waals surface area contributed by atoms with Crippen molar-refractivity contribution in [1.29, 1.82) is 0 Å². The highest BCUT2D eigenvalue weighted by molar-refractivity contribution is 5.87. The van der Waals surface area contributed by atoms with Crippen LogP contribution in [0, 0.1) is 0 Å². The van der Waals surface area contributed by atoms with E-state index < -0.39 is 24.5 Å². The lowest BCUT2D eigenvalue weighted by Crippen LogP contribution is -2.43. The van der Waals surface area contributed by atoms with E-state index in [-0.39, 0.29) is 0 Å². The topological polar surface area (TPSA) is 108 Å². The van der Waals surface area contributed by atoms with Crippen molar-refractivity contribution in [2.24, 2.45) is 5.73 Å². The smallest absolute Gasteiger partial charge is 0.322 e. The maximum atomic E-state index is 11.6. The molecule has 1 heterocycles. The number of aromatic nitrogens is 1. The molecule has 0 radical (unpaired) electrons. The molecule has 0 saturated carbocycles. The Bertz CT molecular complexity index is 606. The first-order chi connectivity index (χ1) is 9.08. The molecule has 6 nitrogen and oxygen atoms in total. The number of carbonyl (C=O) groups excluding carboxylic acids is 1. The highest BCUT2D eigenvalue weighted by Gasteiger charge is 2.16. The minimum atomic E-state index is -1.09. The maximum absolute atomic E-state index is 11.6. The fraction of sp³-hybridized carbons (Fsp3) is 0.231. The van der Waals surface area contributed by atoms with E-state index in [2.05, 4.69) is 10.3 Å². The van der Waals surface area contributed by atoms with Gasteiger partial charge in [0.05, 0.1) is 6.04 Å². The normalized spacial score (nSPS) is 12.3. The van der Waals surface area contributed by atoms with Crippen molar-refractivity contribution in [2.45, 2.75) is 12.5 Å². The molecule has 0 fully saturated rings. The van der Waals surface area contributed by atoms with Crippen LogP contribution in [0.25, 0.3) is 10.9 Å². The number of aliphatic carboxylic acids is 1. The number of para-hydroxylation sites is 1. The van der Waals surface area contributed by atoms with Gasteiger partial charge in [0.25, 0.3) is 0 Å². The summed E-state index contributed by atoms with van der Waals surface area (Å²) in [6.45, 7) is -0.416. The zero-order valence-electron chi connectivity index (χ0n) is 10.2. The zero-order chi connectivity index (χ0) is 13.8. The predicted octanol–water partition coefficient (Wildman–Crippen LogP) is 0.239. The SMILES string of the molecule is N[C@@H](Cc1c[nH]c2ccccc12)C(=O)NCC(=O)O. The fourth-order valence-electron chi connectivity index (χ4n) is 1.92. The van der Waals surface area contributed by atoms with Crippen LogP contribution in [-0.2, 0) is 16.0 Å². The first-order valence-corrected chi connectivity index (χ1v) is 5.88. The van der Waals surface area contributed by atoms with E-state index in [0.29, 0.717) is 6.42 Å². The Balaban J connectivity index is 2.04. The van der Waals surface area contributed by atoms with Gasteiger partial charge in [0.15, 0.2) is 0 Å². The molecule has 0 saturated heterocycles.